The molecule has 0 radical (unpaired) electrons. The standard InChI is InChI=1S/CH2O3.2H3P/c2-1(3)4;;/h(H2,2,3,4);2*1H3. The molecule has 0 saturated heterocycles. The molecule has 0 aromatic rings. The Morgan fingerprint density at radius 3 is 1.17 bits per heavy atom. The molecule has 0 aliphatic heterocycles. The molecule has 0 amide bonds. The highest BCUT2D eigenvalue weighted by atomic mass is 31.0. The lowest BCUT2D eigenvalue weighted by atomic mass is 11.5. The van der Waals surface area contributed by atoms with Crippen LogP contribution in [0.15, 0.2) is 0 Å². The van der Waals surface area contributed by atoms with Gasteiger partial charge in [-0.3, -0.25) is 0 Å². The van der Waals surface area contributed by atoms with Gasteiger partial charge in [-0.15, -0.1) is 0 Å². The summed E-state index contributed by atoms with van der Waals surface area (Å²) in [6.45, 7) is 0. The van der Waals surface area contributed by atoms with Crippen molar-refractivity contribution in [2.75, 3.05) is 0 Å². The van der Waals surface area contributed by atoms with Gasteiger partial charge in [0.25, 0.3) is 0 Å². The SMILES string of the molecule is O=C(O)O.P.P. The fourth-order valence-electron chi connectivity index (χ4n) is 0. The summed E-state index contributed by atoms with van der Waals surface area (Å²) in [7, 11) is 0. The Balaban J connectivity index is -0.0000000450. The Bertz CT molecular complexity index is 31.8. The fraction of sp³-hybridized carbons (Fsp3) is 0. The number of hydrogen-bond donors (Lipinski definition) is 2. The predicted octanol–water partition coefficient (Wildman–Crippen LogP) is 0.339. The van der Waals surface area contributed by atoms with Gasteiger partial charge in [0.1, 0.15) is 0 Å². The lowest BCUT2D eigenvalue weighted by molar-refractivity contribution is 0.137. The predicted molar refractivity (Wildman–Crippen MR) is 32.9 cm³/mol. The topological polar surface area (TPSA) is 57.5 Å². The fourth-order valence-corrected chi connectivity index (χ4v) is 0. The highest BCUT2D eigenvalue weighted by molar-refractivity contribution is 6.92. The summed E-state index contributed by atoms with van der Waals surface area (Å²) in [6.07, 6.45) is -1.83. The van der Waals surface area contributed by atoms with Crippen LogP contribution < -0.4 is 0 Å². The van der Waals surface area contributed by atoms with Crippen molar-refractivity contribution in [1.29, 1.82) is 0 Å². The maximum atomic E-state index is 8.56. The van der Waals surface area contributed by atoms with Gasteiger partial charge in [0.2, 0.25) is 0 Å². The molecule has 6 heavy (non-hydrogen) atoms. The molecule has 0 rings (SSSR count). The summed E-state index contributed by atoms with van der Waals surface area (Å²) in [4.78, 5) is 8.56. The van der Waals surface area contributed by atoms with Crippen molar-refractivity contribution in [3.8, 4) is 0 Å². The van der Waals surface area contributed by atoms with Crippen LogP contribution in [0.5, 0.6) is 0 Å². The maximum absolute atomic E-state index is 8.56. The average Bonchev–Trinajstić information content (AvgIpc) is 0.811. The lowest BCUT2D eigenvalue weighted by Crippen LogP contribution is -1.81. The minimum atomic E-state index is -1.83. The van der Waals surface area contributed by atoms with Crippen molar-refractivity contribution in [2.24, 2.45) is 0 Å². The first-order valence-corrected chi connectivity index (χ1v) is 0.651. The summed E-state index contributed by atoms with van der Waals surface area (Å²) in [6, 6.07) is 0. The zero-order chi connectivity index (χ0) is 3.58. The molecule has 40 valence electrons. The highest BCUT2D eigenvalue weighted by Crippen LogP contribution is 1.42. The molecule has 0 aromatic carbocycles. The van der Waals surface area contributed by atoms with Gasteiger partial charge in [-0.05, 0) is 0 Å². The summed E-state index contributed by atoms with van der Waals surface area (Å²) in [5.41, 5.74) is 0. The summed E-state index contributed by atoms with van der Waals surface area (Å²) in [5, 5.41) is 13.9. The highest BCUT2D eigenvalue weighted by Gasteiger charge is 1.70. The van der Waals surface area contributed by atoms with Crippen LogP contribution in [0.25, 0.3) is 0 Å². The van der Waals surface area contributed by atoms with Crippen molar-refractivity contribution < 1.29 is 15.0 Å². The molecule has 5 heteroatoms. The number of carboxylic acid groups (broad SMARTS) is 2. The van der Waals surface area contributed by atoms with Crippen LogP contribution in [0.2, 0.25) is 0 Å². The van der Waals surface area contributed by atoms with E-state index in [1.807, 2.05) is 0 Å². The maximum Gasteiger partial charge on any atom is 0.503 e. The zero-order valence-electron chi connectivity index (χ0n) is 3.22. The molecule has 0 heterocycles. The number of carbonyl (C=O) groups is 1. The quantitative estimate of drug-likeness (QED) is 0.465. The van der Waals surface area contributed by atoms with E-state index in [0.717, 1.165) is 0 Å². The van der Waals surface area contributed by atoms with E-state index in [9.17, 15) is 0 Å². The minimum Gasteiger partial charge on any atom is -0.450 e. The van der Waals surface area contributed by atoms with Crippen LogP contribution in [-0.4, -0.2) is 16.4 Å². The Morgan fingerprint density at radius 2 is 1.17 bits per heavy atom. The first kappa shape index (κ1) is 16.5. The second-order valence-electron chi connectivity index (χ2n) is 0.283. The summed E-state index contributed by atoms with van der Waals surface area (Å²) < 4.78 is 0. The molecule has 0 bridgehead atoms. The lowest BCUT2D eigenvalue weighted by Gasteiger charge is -1.60. The molecular formula is CH8O3P2. The first-order chi connectivity index (χ1) is 1.73. The van der Waals surface area contributed by atoms with Crippen molar-refractivity contribution in [2.45, 2.75) is 0 Å². The molecule has 0 aliphatic carbocycles. The van der Waals surface area contributed by atoms with E-state index in [0.29, 0.717) is 0 Å². The van der Waals surface area contributed by atoms with Crippen LogP contribution in [0.3, 0.4) is 0 Å². The second kappa shape index (κ2) is 8.93. The Hall–Kier alpha value is 0.130. The van der Waals surface area contributed by atoms with E-state index in [-0.39, 0.29) is 19.8 Å². The van der Waals surface area contributed by atoms with Crippen LogP contribution in [-0.2, 0) is 0 Å². The third-order valence-electron chi connectivity index (χ3n) is 0. The Morgan fingerprint density at radius 1 is 1.17 bits per heavy atom. The summed E-state index contributed by atoms with van der Waals surface area (Å²) >= 11 is 0. The Kier molecular flexibility index (Phi) is 24.5. The molecule has 0 saturated carbocycles. The van der Waals surface area contributed by atoms with Gasteiger partial charge in [0.15, 0.2) is 0 Å². The molecule has 2 unspecified atom stereocenters. The van der Waals surface area contributed by atoms with E-state index in [4.69, 9.17) is 15.0 Å². The van der Waals surface area contributed by atoms with Gasteiger partial charge in [-0.2, -0.15) is 19.8 Å². The average molecular weight is 130 g/mol. The third-order valence-corrected chi connectivity index (χ3v) is 0. The van der Waals surface area contributed by atoms with Gasteiger partial charge in [0.05, 0.1) is 0 Å². The first-order valence-electron chi connectivity index (χ1n) is 0.651. The van der Waals surface area contributed by atoms with Crippen LogP contribution in [0.1, 0.15) is 0 Å². The zero-order valence-corrected chi connectivity index (χ0v) is 6.05. The van der Waals surface area contributed by atoms with Crippen LogP contribution in [0.4, 0.5) is 4.79 Å². The molecule has 0 fully saturated rings. The Labute approximate surface area is 42.0 Å². The molecule has 0 aromatic heterocycles. The smallest absolute Gasteiger partial charge is 0.450 e. The van der Waals surface area contributed by atoms with Gasteiger partial charge in [0, 0.05) is 0 Å². The molecule has 2 atom stereocenters. The molecule has 3 nitrogen and oxygen atoms in total. The second-order valence-corrected chi connectivity index (χ2v) is 0.283. The minimum absolute atomic E-state index is 0. The molecule has 2 N–H and O–H groups in total. The number of hydrogen-bond acceptors (Lipinski definition) is 1. The van der Waals surface area contributed by atoms with Crippen molar-refractivity contribution >= 4 is 26.0 Å². The van der Waals surface area contributed by atoms with E-state index in [1.165, 1.54) is 0 Å². The largest absolute Gasteiger partial charge is 0.503 e. The molecule has 0 spiro atoms. The van der Waals surface area contributed by atoms with Crippen molar-refractivity contribution in [3.05, 3.63) is 0 Å². The monoisotopic (exact) mass is 130 g/mol. The van der Waals surface area contributed by atoms with Crippen molar-refractivity contribution in [1.82, 2.24) is 0 Å². The van der Waals surface area contributed by atoms with E-state index in [1.54, 1.807) is 0 Å². The molecule has 0 aliphatic rings. The van der Waals surface area contributed by atoms with Crippen LogP contribution in [0, 0.1) is 0 Å². The van der Waals surface area contributed by atoms with E-state index < -0.39 is 6.16 Å². The van der Waals surface area contributed by atoms with E-state index in [2.05, 4.69) is 0 Å². The summed E-state index contributed by atoms with van der Waals surface area (Å²) in [5.74, 6) is 0. The normalized spacial score (nSPS) is 4.00. The third kappa shape index (κ3) is 2390. The molecular weight excluding hydrogens is 122 g/mol. The van der Waals surface area contributed by atoms with E-state index >= 15 is 0 Å². The van der Waals surface area contributed by atoms with Gasteiger partial charge >= 0.3 is 6.16 Å². The van der Waals surface area contributed by atoms with Gasteiger partial charge in [-0.1, -0.05) is 0 Å². The number of rotatable bonds is 0. The van der Waals surface area contributed by atoms with Gasteiger partial charge in [-0.25, -0.2) is 4.79 Å². The van der Waals surface area contributed by atoms with Crippen LogP contribution >= 0.6 is 19.8 Å². The van der Waals surface area contributed by atoms with Gasteiger partial charge < -0.3 is 10.2 Å². The van der Waals surface area contributed by atoms with Crippen molar-refractivity contribution in [3.63, 3.8) is 0 Å².